The Morgan fingerprint density at radius 3 is 2.70 bits per heavy atom. The molecule has 6 nitrogen and oxygen atoms in total. The third-order valence-corrected chi connectivity index (χ3v) is 5.63. The van der Waals surface area contributed by atoms with Crippen molar-refractivity contribution in [3.05, 3.63) is 77.1 Å². The number of esters is 1. The SMILES string of the molecule is COc1c(C)cnc(CSc2nc3ccc(OC(=O)c4ccccc4)cc3[nH]2)c1C. The molecule has 0 fully saturated rings. The molecule has 0 saturated carbocycles. The van der Waals surface area contributed by atoms with Crippen LogP contribution in [-0.4, -0.2) is 28.0 Å². The van der Waals surface area contributed by atoms with Gasteiger partial charge in [-0.25, -0.2) is 9.78 Å². The number of fused-ring (bicyclic) bond motifs is 1. The average molecular weight is 420 g/mol. The topological polar surface area (TPSA) is 77.1 Å². The minimum absolute atomic E-state index is 0.390. The first-order valence-corrected chi connectivity index (χ1v) is 10.4. The van der Waals surface area contributed by atoms with Gasteiger partial charge in [0.2, 0.25) is 0 Å². The minimum atomic E-state index is -0.390. The number of carbonyl (C=O) groups excluding carboxylic acids is 1. The number of H-pyrrole nitrogens is 1. The van der Waals surface area contributed by atoms with Gasteiger partial charge in [-0.1, -0.05) is 30.0 Å². The number of rotatable bonds is 6. The number of aromatic amines is 1. The Bertz CT molecular complexity index is 1210. The fourth-order valence-electron chi connectivity index (χ4n) is 3.19. The molecule has 2 heterocycles. The lowest BCUT2D eigenvalue weighted by atomic mass is 10.1. The Labute approximate surface area is 178 Å². The van der Waals surface area contributed by atoms with Crippen LogP contribution in [0, 0.1) is 13.8 Å². The van der Waals surface area contributed by atoms with E-state index in [1.807, 2.05) is 32.2 Å². The molecule has 2 aromatic heterocycles. The first-order chi connectivity index (χ1) is 14.5. The normalized spacial score (nSPS) is 10.9. The lowest BCUT2D eigenvalue weighted by molar-refractivity contribution is 0.0735. The summed E-state index contributed by atoms with van der Waals surface area (Å²) in [6.45, 7) is 4.00. The standard InChI is InChI=1S/C23H21N3O3S/c1-14-12-24-20(15(2)21(14)28-3)13-30-23-25-18-10-9-17(11-19(18)26-23)29-22(27)16-7-5-4-6-8-16/h4-12H,13H2,1-3H3,(H,25,26). The van der Waals surface area contributed by atoms with E-state index in [9.17, 15) is 4.79 Å². The fraction of sp³-hybridized carbons (Fsp3) is 0.174. The molecule has 30 heavy (non-hydrogen) atoms. The monoisotopic (exact) mass is 419 g/mol. The fourth-order valence-corrected chi connectivity index (χ4v) is 4.10. The number of hydrogen-bond donors (Lipinski definition) is 1. The van der Waals surface area contributed by atoms with E-state index in [4.69, 9.17) is 9.47 Å². The summed E-state index contributed by atoms with van der Waals surface area (Å²) in [5.41, 5.74) is 5.14. The van der Waals surface area contributed by atoms with Crippen molar-refractivity contribution < 1.29 is 14.3 Å². The molecule has 0 amide bonds. The number of carbonyl (C=O) groups is 1. The number of imidazole rings is 1. The van der Waals surface area contributed by atoms with Gasteiger partial charge in [0.15, 0.2) is 5.16 Å². The van der Waals surface area contributed by atoms with Crippen LogP contribution in [0.15, 0.2) is 59.9 Å². The summed E-state index contributed by atoms with van der Waals surface area (Å²) < 4.78 is 11.0. The highest BCUT2D eigenvalue weighted by molar-refractivity contribution is 7.98. The summed E-state index contributed by atoms with van der Waals surface area (Å²) in [7, 11) is 1.67. The molecule has 7 heteroatoms. The van der Waals surface area contributed by atoms with Crippen LogP contribution in [0.3, 0.4) is 0 Å². The number of pyridine rings is 1. The first kappa shape index (κ1) is 20.0. The molecule has 0 spiro atoms. The zero-order valence-corrected chi connectivity index (χ0v) is 17.7. The number of hydrogen-bond acceptors (Lipinski definition) is 6. The van der Waals surface area contributed by atoms with Crippen LogP contribution in [0.4, 0.5) is 0 Å². The molecule has 0 unspecified atom stereocenters. The van der Waals surface area contributed by atoms with Crippen molar-refractivity contribution in [1.82, 2.24) is 15.0 Å². The van der Waals surface area contributed by atoms with Gasteiger partial charge in [-0.2, -0.15) is 0 Å². The maximum atomic E-state index is 12.3. The summed E-state index contributed by atoms with van der Waals surface area (Å²) in [4.78, 5) is 24.7. The van der Waals surface area contributed by atoms with Gasteiger partial charge in [-0.15, -0.1) is 0 Å². The van der Waals surface area contributed by atoms with E-state index >= 15 is 0 Å². The van der Waals surface area contributed by atoms with Crippen molar-refractivity contribution in [3.8, 4) is 11.5 Å². The zero-order chi connectivity index (χ0) is 21.1. The Balaban J connectivity index is 1.48. The molecular weight excluding hydrogens is 398 g/mol. The van der Waals surface area contributed by atoms with Gasteiger partial charge in [-0.3, -0.25) is 4.98 Å². The molecule has 4 rings (SSSR count). The number of thioether (sulfide) groups is 1. The highest BCUT2D eigenvalue weighted by atomic mass is 32.2. The molecule has 4 aromatic rings. The number of aryl methyl sites for hydroxylation is 1. The van der Waals surface area contributed by atoms with Crippen LogP contribution < -0.4 is 9.47 Å². The van der Waals surface area contributed by atoms with Gasteiger partial charge < -0.3 is 14.5 Å². The summed E-state index contributed by atoms with van der Waals surface area (Å²) in [6, 6.07) is 14.3. The van der Waals surface area contributed by atoms with E-state index in [0.717, 1.165) is 38.8 Å². The summed E-state index contributed by atoms with van der Waals surface area (Å²) in [6.07, 6.45) is 1.83. The first-order valence-electron chi connectivity index (χ1n) is 9.44. The number of nitrogens with one attached hydrogen (secondary N) is 1. The van der Waals surface area contributed by atoms with Crippen LogP contribution in [0.25, 0.3) is 11.0 Å². The quantitative estimate of drug-likeness (QED) is 0.266. The number of benzene rings is 2. The Morgan fingerprint density at radius 2 is 1.93 bits per heavy atom. The van der Waals surface area contributed by atoms with E-state index in [1.165, 1.54) is 0 Å². The summed E-state index contributed by atoms with van der Waals surface area (Å²) in [5, 5.41) is 0.775. The molecule has 0 atom stereocenters. The van der Waals surface area contributed by atoms with Crippen LogP contribution in [0.1, 0.15) is 27.2 Å². The maximum absolute atomic E-state index is 12.3. The summed E-state index contributed by atoms with van der Waals surface area (Å²) >= 11 is 1.56. The average Bonchev–Trinajstić information content (AvgIpc) is 3.16. The van der Waals surface area contributed by atoms with Crippen molar-refractivity contribution in [3.63, 3.8) is 0 Å². The van der Waals surface area contributed by atoms with Gasteiger partial charge in [0, 0.05) is 29.1 Å². The lowest BCUT2D eigenvalue weighted by Gasteiger charge is -2.11. The minimum Gasteiger partial charge on any atom is -0.496 e. The molecular formula is C23H21N3O3S. The predicted molar refractivity (Wildman–Crippen MR) is 117 cm³/mol. The highest BCUT2D eigenvalue weighted by Crippen LogP contribution is 2.29. The third-order valence-electron chi connectivity index (χ3n) is 4.75. The maximum Gasteiger partial charge on any atom is 0.343 e. The van der Waals surface area contributed by atoms with Gasteiger partial charge in [-0.05, 0) is 38.1 Å². The van der Waals surface area contributed by atoms with Gasteiger partial charge in [0.05, 0.1) is 29.4 Å². The molecule has 152 valence electrons. The van der Waals surface area contributed by atoms with E-state index < -0.39 is 0 Å². The second kappa shape index (κ2) is 8.59. The molecule has 0 aliphatic heterocycles. The van der Waals surface area contributed by atoms with Gasteiger partial charge in [0.25, 0.3) is 0 Å². The molecule has 0 aliphatic rings. The van der Waals surface area contributed by atoms with Crippen molar-refractivity contribution >= 4 is 28.8 Å². The second-order valence-corrected chi connectivity index (χ2v) is 7.78. The molecule has 1 N–H and O–H groups in total. The van der Waals surface area contributed by atoms with E-state index in [1.54, 1.807) is 55.3 Å². The van der Waals surface area contributed by atoms with E-state index in [-0.39, 0.29) is 5.97 Å². The molecule has 0 radical (unpaired) electrons. The van der Waals surface area contributed by atoms with Crippen LogP contribution in [0.5, 0.6) is 11.5 Å². The molecule has 2 aromatic carbocycles. The van der Waals surface area contributed by atoms with Crippen LogP contribution in [-0.2, 0) is 5.75 Å². The van der Waals surface area contributed by atoms with E-state index in [0.29, 0.717) is 17.1 Å². The van der Waals surface area contributed by atoms with Crippen molar-refractivity contribution in [2.75, 3.05) is 7.11 Å². The van der Waals surface area contributed by atoms with E-state index in [2.05, 4.69) is 15.0 Å². The van der Waals surface area contributed by atoms with Crippen molar-refractivity contribution in [2.45, 2.75) is 24.8 Å². The van der Waals surface area contributed by atoms with Crippen LogP contribution >= 0.6 is 11.8 Å². The molecule has 0 bridgehead atoms. The molecule has 0 saturated heterocycles. The number of methoxy groups -OCH3 is 1. The highest BCUT2D eigenvalue weighted by Gasteiger charge is 2.13. The van der Waals surface area contributed by atoms with Gasteiger partial charge in [0.1, 0.15) is 11.5 Å². The Hall–Kier alpha value is -3.32. The zero-order valence-electron chi connectivity index (χ0n) is 16.9. The Morgan fingerprint density at radius 1 is 1.13 bits per heavy atom. The smallest absolute Gasteiger partial charge is 0.343 e. The molecule has 0 aliphatic carbocycles. The third kappa shape index (κ3) is 4.16. The van der Waals surface area contributed by atoms with Crippen LogP contribution in [0.2, 0.25) is 0 Å². The summed E-state index contributed by atoms with van der Waals surface area (Å²) in [5.74, 6) is 1.62. The number of aromatic nitrogens is 3. The lowest BCUT2D eigenvalue weighted by Crippen LogP contribution is -2.07. The van der Waals surface area contributed by atoms with Gasteiger partial charge >= 0.3 is 5.97 Å². The Kier molecular flexibility index (Phi) is 5.72. The number of ether oxygens (including phenoxy) is 2. The largest absolute Gasteiger partial charge is 0.496 e. The number of nitrogens with zero attached hydrogens (tertiary/aromatic N) is 2. The second-order valence-electron chi connectivity index (χ2n) is 6.81. The predicted octanol–water partition coefficient (Wildman–Crippen LogP) is 5.09. The van der Waals surface area contributed by atoms with Crippen molar-refractivity contribution in [2.24, 2.45) is 0 Å². The van der Waals surface area contributed by atoms with Crippen molar-refractivity contribution in [1.29, 1.82) is 0 Å².